The Hall–Kier alpha value is -2.95. The molecule has 1 aliphatic heterocycles. The summed E-state index contributed by atoms with van der Waals surface area (Å²) in [6, 6.07) is 13.3. The second kappa shape index (κ2) is 5.44. The molecule has 0 bridgehead atoms. The van der Waals surface area contributed by atoms with Crippen molar-refractivity contribution < 1.29 is 19.2 Å². The van der Waals surface area contributed by atoms with Gasteiger partial charge in [-0.1, -0.05) is 42.3 Å². The third-order valence-corrected chi connectivity index (χ3v) is 3.55. The van der Waals surface area contributed by atoms with E-state index < -0.39 is 17.8 Å². The third kappa shape index (κ3) is 2.16. The maximum Gasteiger partial charge on any atom is 0.364 e. The average molecular weight is 295 g/mol. The number of hydrogen-bond donors (Lipinski definition) is 0. The molecule has 0 radical (unpaired) electrons. The second-order valence-electron chi connectivity index (χ2n) is 4.84. The summed E-state index contributed by atoms with van der Waals surface area (Å²) in [5, 5.41) is 0.527. The number of carbonyl (C=O) groups excluding carboxylic acids is 3. The van der Waals surface area contributed by atoms with Crippen LogP contribution < -0.4 is 0 Å². The average Bonchev–Trinajstić information content (AvgIpc) is 2.80. The fourth-order valence-electron chi connectivity index (χ4n) is 2.41. The topological polar surface area (TPSA) is 63.7 Å². The summed E-state index contributed by atoms with van der Waals surface area (Å²) in [6.45, 7) is 1.91. The molecule has 110 valence electrons. The predicted octanol–water partition coefficient (Wildman–Crippen LogP) is 2.62. The molecule has 3 rings (SSSR count). The molecule has 0 spiro atoms. The van der Waals surface area contributed by atoms with Crippen molar-refractivity contribution in [2.24, 2.45) is 0 Å². The molecule has 0 unspecified atom stereocenters. The number of benzene rings is 2. The van der Waals surface area contributed by atoms with Gasteiger partial charge in [-0.15, -0.1) is 0 Å². The molecule has 0 aliphatic carbocycles. The van der Waals surface area contributed by atoms with Gasteiger partial charge in [0.15, 0.2) is 0 Å². The summed E-state index contributed by atoms with van der Waals surface area (Å²) in [6.07, 6.45) is 0.646. The lowest BCUT2D eigenvalue weighted by molar-refractivity contribution is -0.0585. The van der Waals surface area contributed by atoms with Crippen molar-refractivity contribution in [2.45, 2.75) is 13.3 Å². The zero-order valence-corrected chi connectivity index (χ0v) is 11.9. The van der Waals surface area contributed by atoms with E-state index in [1.54, 1.807) is 30.3 Å². The molecule has 0 aromatic heterocycles. The fourth-order valence-corrected chi connectivity index (χ4v) is 2.41. The van der Waals surface area contributed by atoms with E-state index >= 15 is 0 Å². The van der Waals surface area contributed by atoms with Crippen LogP contribution in [0.3, 0.4) is 0 Å². The minimum absolute atomic E-state index is 0.240. The Labute approximate surface area is 127 Å². The highest BCUT2D eigenvalue weighted by molar-refractivity contribution is 6.21. The first kappa shape index (κ1) is 14.0. The first-order valence-electron chi connectivity index (χ1n) is 6.91. The number of carbonyl (C=O) groups is 3. The monoisotopic (exact) mass is 295 g/mol. The molecule has 0 fully saturated rings. The number of fused-ring (bicyclic) bond motifs is 1. The van der Waals surface area contributed by atoms with Gasteiger partial charge in [0, 0.05) is 0 Å². The summed E-state index contributed by atoms with van der Waals surface area (Å²) in [4.78, 5) is 41.6. The summed E-state index contributed by atoms with van der Waals surface area (Å²) in [7, 11) is 0. The molecular formula is C17H13NO4. The van der Waals surface area contributed by atoms with Gasteiger partial charge in [-0.05, 0) is 30.2 Å². The molecule has 2 aromatic rings. The molecule has 2 amide bonds. The Morgan fingerprint density at radius 1 is 0.955 bits per heavy atom. The van der Waals surface area contributed by atoms with Crippen LogP contribution >= 0.6 is 0 Å². The van der Waals surface area contributed by atoms with Crippen LogP contribution in [0.2, 0.25) is 0 Å². The van der Waals surface area contributed by atoms with E-state index in [0.717, 1.165) is 5.56 Å². The molecule has 2 aromatic carbocycles. The zero-order chi connectivity index (χ0) is 15.7. The van der Waals surface area contributed by atoms with E-state index in [1.807, 2.05) is 13.0 Å². The molecule has 5 heteroatoms. The van der Waals surface area contributed by atoms with E-state index in [-0.39, 0.29) is 11.1 Å². The van der Waals surface area contributed by atoms with Crippen LogP contribution in [0.25, 0.3) is 0 Å². The highest BCUT2D eigenvalue weighted by Crippen LogP contribution is 2.23. The molecule has 1 heterocycles. The van der Waals surface area contributed by atoms with Gasteiger partial charge in [-0.3, -0.25) is 9.59 Å². The molecule has 5 nitrogen and oxygen atoms in total. The minimum Gasteiger partial charge on any atom is -0.324 e. The van der Waals surface area contributed by atoms with E-state index in [0.29, 0.717) is 17.0 Å². The lowest BCUT2D eigenvalue weighted by atomic mass is 10.1. The molecular weight excluding hydrogens is 282 g/mol. The highest BCUT2D eigenvalue weighted by atomic mass is 16.7. The predicted molar refractivity (Wildman–Crippen MR) is 78.2 cm³/mol. The zero-order valence-electron chi connectivity index (χ0n) is 11.9. The molecule has 0 atom stereocenters. The largest absolute Gasteiger partial charge is 0.364 e. The summed E-state index contributed by atoms with van der Waals surface area (Å²) >= 11 is 0. The maximum absolute atomic E-state index is 12.3. The van der Waals surface area contributed by atoms with E-state index in [2.05, 4.69) is 0 Å². The fraction of sp³-hybridized carbons (Fsp3) is 0.118. The molecule has 0 saturated heterocycles. The van der Waals surface area contributed by atoms with Crippen LogP contribution in [0.15, 0.2) is 48.5 Å². The lowest BCUT2D eigenvalue weighted by Gasteiger charge is -2.14. The van der Waals surface area contributed by atoms with E-state index in [4.69, 9.17) is 4.84 Å². The Balaban J connectivity index is 1.87. The first-order valence-corrected chi connectivity index (χ1v) is 6.91. The first-order chi connectivity index (χ1) is 10.6. The van der Waals surface area contributed by atoms with Gasteiger partial charge in [0.2, 0.25) is 0 Å². The Morgan fingerprint density at radius 3 is 2.09 bits per heavy atom. The van der Waals surface area contributed by atoms with Crippen LogP contribution in [-0.2, 0) is 11.3 Å². The van der Waals surface area contributed by atoms with Crippen molar-refractivity contribution in [2.75, 3.05) is 0 Å². The van der Waals surface area contributed by atoms with Crippen LogP contribution in [0.4, 0.5) is 0 Å². The quantitative estimate of drug-likeness (QED) is 0.817. The molecule has 1 aliphatic rings. The van der Waals surface area contributed by atoms with Crippen LogP contribution in [0.5, 0.6) is 0 Å². The summed E-state index contributed by atoms with van der Waals surface area (Å²) < 4.78 is 0. The standard InChI is InChI=1S/C17H13NO4/c1-2-11-7-3-4-8-12(11)17(21)22-18-15(19)13-9-5-6-10-14(13)16(18)20/h3-10H,2H2,1H3. The van der Waals surface area contributed by atoms with Gasteiger partial charge < -0.3 is 4.84 Å². The number of imide groups is 1. The van der Waals surface area contributed by atoms with E-state index in [1.165, 1.54) is 12.1 Å². The molecule has 22 heavy (non-hydrogen) atoms. The summed E-state index contributed by atoms with van der Waals surface area (Å²) in [5.74, 6) is -1.96. The van der Waals surface area contributed by atoms with Crippen molar-refractivity contribution in [1.82, 2.24) is 5.06 Å². The molecule has 0 saturated carbocycles. The van der Waals surface area contributed by atoms with Gasteiger partial charge in [-0.2, -0.15) is 0 Å². The number of rotatable bonds is 3. The Kier molecular flexibility index (Phi) is 3.47. The maximum atomic E-state index is 12.3. The van der Waals surface area contributed by atoms with Gasteiger partial charge in [0.25, 0.3) is 11.8 Å². The number of nitrogens with zero attached hydrogens (tertiary/aromatic N) is 1. The van der Waals surface area contributed by atoms with Gasteiger partial charge in [0.05, 0.1) is 16.7 Å². The van der Waals surface area contributed by atoms with Gasteiger partial charge in [0.1, 0.15) is 0 Å². The minimum atomic E-state index is -0.716. The smallest absolute Gasteiger partial charge is 0.324 e. The normalized spacial score (nSPS) is 13.2. The molecule has 0 N–H and O–H groups in total. The van der Waals surface area contributed by atoms with Gasteiger partial charge >= 0.3 is 5.97 Å². The van der Waals surface area contributed by atoms with Crippen LogP contribution in [-0.4, -0.2) is 22.8 Å². The van der Waals surface area contributed by atoms with Crippen molar-refractivity contribution in [3.63, 3.8) is 0 Å². The van der Waals surface area contributed by atoms with Crippen LogP contribution in [0, 0.1) is 0 Å². The number of amides is 2. The van der Waals surface area contributed by atoms with Gasteiger partial charge in [-0.25, -0.2) is 4.79 Å². The van der Waals surface area contributed by atoms with Crippen LogP contribution in [0.1, 0.15) is 43.6 Å². The van der Waals surface area contributed by atoms with Crippen molar-refractivity contribution in [3.05, 3.63) is 70.8 Å². The number of aryl methyl sites for hydroxylation is 1. The number of hydrogen-bond acceptors (Lipinski definition) is 4. The lowest BCUT2D eigenvalue weighted by Crippen LogP contribution is -2.33. The van der Waals surface area contributed by atoms with Crippen molar-refractivity contribution in [3.8, 4) is 0 Å². The number of hydroxylamine groups is 2. The SMILES string of the molecule is CCc1ccccc1C(=O)ON1C(=O)c2ccccc2C1=O. The summed E-state index contributed by atoms with van der Waals surface area (Å²) in [5.41, 5.74) is 1.62. The third-order valence-electron chi connectivity index (χ3n) is 3.55. The van der Waals surface area contributed by atoms with E-state index in [9.17, 15) is 14.4 Å². The highest BCUT2D eigenvalue weighted by Gasteiger charge is 2.38. The van der Waals surface area contributed by atoms with Crippen molar-refractivity contribution >= 4 is 17.8 Å². The Morgan fingerprint density at radius 2 is 1.50 bits per heavy atom. The second-order valence-corrected chi connectivity index (χ2v) is 4.84. The van der Waals surface area contributed by atoms with Crippen molar-refractivity contribution in [1.29, 1.82) is 0 Å². The Bertz CT molecular complexity index is 747.